The van der Waals surface area contributed by atoms with Gasteiger partial charge in [0.2, 0.25) is 0 Å². The average Bonchev–Trinajstić information content (AvgIpc) is 2.41. The molecule has 0 spiro atoms. The van der Waals surface area contributed by atoms with Gasteiger partial charge in [-0.25, -0.2) is 4.39 Å². The first kappa shape index (κ1) is 13.6. The predicted octanol–water partition coefficient (Wildman–Crippen LogP) is 3.45. The van der Waals surface area contributed by atoms with Crippen LogP contribution in [0.4, 0.5) is 4.39 Å². The lowest BCUT2D eigenvalue weighted by Gasteiger charge is -2.06. The maximum Gasteiger partial charge on any atom is 0.251 e. The van der Waals surface area contributed by atoms with Crippen molar-refractivity contribution in [1.29, 1.82) is 0 Å². The third kappa shape index (κ3) is 3.80. The van der Waals surface area contributed by atoms with Gasteiger partial charge in [-0.15, -0.1) is 0 Å². The van der Waals surface area contributed by atoms with Gasteiger partial charge in [-0.1, -0.05) is 29.8 Å². The number of benzene rings is 2. The van der Waals surface area contributed by atoms with Gasteiger partial charge in [0.05, 0.1) is 0 Å². The van der Waals surface area contributed by atoms with Gasteiger partial charge in [-0.2, -0.15) is 0 Å². The lowest BCUT2D eigenvalue weighted by molar-refractivity contribution is 0.0954. The lowest BCUT2D eigenvalue weighted by Crippen LogP contribution is -2.25. The summed E-state index contributed by atoms with van der Waals surface area (Å²) in [7, 11) is 0. The summed E-state index contributed by atoms with van der Waals surface area (Å²) >= 11 is 5.74. The summed E-state index contributed by atoms with van der Waals surface area (Å²) in [4.78, 5) is 11.8. The molecule has 0 fully saturated rings. The van der Waals surface area contributed by atoms with E-state index in [4.69, 9.17) is 11.6 Å². The topological polar surface area (TPSA) is 29.1 Å². The van der Waals surface area contributed by atoms with E-state index in [1.165, 1.54) is 6.07 Å². The summed E-state index contributed by atoms with van der Waals surface area (Å²) in [6.07, 6.45) is 0.464. The van der Waals surface area contributed by atoms with Crippen molar-refractivity contribution in [2.75, 3.05) is 6.54 Å². The molecule has 98 valence electrons. The Kier molecular flexibility index (Phi) is 4.53. The zero-order valence-corrected chi connectivity index (χ0v) is 11.0. The highest BCUT2D eigenvalue weighted by molar-refractivity contribution is 6.30. The highest BCUT2D eigenvalue weighted by atomic mass is 35.5. The summed E-state index contributed by atoms with van der Waals surface area (Å²) < 4.78 is 13.4. The lowest BCUT2D eigenvalue weighted by atomic mass is 10.1. The van der Waals surface area contributed by atoms with Gasteiger partial charge in [-0.05, 0) is 42.3 Å². The van der Waals surface area contributed by atoms with Crippen molar-refractivity contribution in [3.63, 3.8) is 0 Å². The average molecular weight is 278 g/mol. The first-order valence-corrected chi connectivity index (χ1v) is 6.32. The van der Waals surface area contributed by atoms with Gasteiger partial charge in [0.15, 0.2) is 0 Å². The van der Waals surface area contributed by atoms with Crippen LogP contribution >= 0.6 is 11.6 Å². The van der Waals surface area contributed by atoms with E-state index in [9.17, 15) is 9.18 Å². The van der Waals surface area contributed by atoms with Gasteiger partial charge in [-0.3, -0.25) is 4.79 Å². The molecule has 0 bridgehead atoms. The van der Waals surface area contributed by atoms with E-state index in [0.29, 0.717) is 29.1 Å². The molecule has 0 unspecified atom stereocenters. The van der Waals surface area contributed by atoms with Gasteiger partial charge >= 0.3 is 0 Å². The molecule has 0 aromatic heterocycles. The minimum Gasteiger partial charge on any atom is -0.352 e. The molecule has 1 amide bonds. The van der Waals surface area contributed by atoms with Crippen molar-refractivity contribution >= 4 is 17.5 Å². The van der Waals surface area contributed by atoms with Crippen LogP contribution in [-0.2, 0) is 6.42 Å². The highest BCUT2D eigenvalue weighted by Gasteiger charge is 2.05. The molecule has 1 N–H and O–H groups in total. The molecule has 2 nitrogen and oxygen atoms in total. The number of hydrogen-bond acceptors (Lipinski definition) is 1. The summed E-state index contributed by atoms with van der Waals surface area (Å²) in [6, 6.07) is 13.2. The highest BCUT2D eigenvalue weighted by Crippen LogP contribution is 2.09. The van der Waals surface area contributed by atoms with Crippen molar-refractivity contribution < 1.29 is 9.18 Å². The van der Waals surface area contributed by atoms with Crippen molar-refractivity contribution in [1.82, 2.24) is 5.32 Å². The molecule has 2 rings (SSSR count). The molecule has 0 atom stereocenters. The molecule has 0 saturated carbocycles. The Morgan fingerprint density at radius 2 is 1.79 bits per heavy atom. The van der Waals surface area contributed by atoms with E-state index < -0.39 is 0 Å². The third-order valence-corrected chi connectivity index (χ3v) is 3.00. The van der Waals surface area contributed by atoms with Crippen LogP contribution in [0, 0.1) is 5.82 Å². The largest absolute Gasteiger partial charge is 0.352 e. The van der Waals surface area contributed by atoms with Crippen LogP contribution in [0.3, 0.4) is 0 Å². The zero-order chi connectivity index (χ0) is 13.7. The van der Waals surface area contributed by atoms with Crippen molar-refractivity contribution in [3.8, 4) is 0 Å². The molecule has 0 radical (unpaired) electrons. The van der Waals surface area contributed by atoms with Gasteiger partial charge in [0, 0.05) is 17.1 Å². The number of amides is 1. The monoisotopic (exact) mass is 277 g/mol. The normalized spacial score (nSPS) is 10.2. The molecule has 0 aliphatic rings. The number of halogens is 2. The fourth-order valence-electron chi connectivity index (χ4n) is 1.72. The fraction of sp³-hybridized carbons (Fsp3) is 0.133. The van der Waals surface area contributed by atoms with Crippen molar-refractivity contribution in [2.24, 2.45) is 0 Å². The molecule has 0 saturated heterocycles. The van der Waals surface area contributed by atoms with Crippen LogP contribution < -0.4 is 5.32 Å². The summed E-state index contributed by atoms with van der Waals surface area (Å²) in [5.41, 5.74) is 1.14. The fourth-order valence-corrected chi connectivity index (χ4v) is 1.84. The second-order valence-corrected chi connectivity index (χ2v) is 4.54. The quantitative estimate of drug-likeness (QED) is 0.911. The Labute approximate surface area is 116 Å². The smallest absolute Gasteiger partial charge is 0.251 e. The first-order valence-electron chi connectivity index (χ1n) is 5.94. The molecule has 0 aliphatic carbocycles. The van der Waals surface area contributed by atoms with Gasteiger partial charge in [0.1, 0.15) is 5.82 Å². The Morgan fingerprint density at radius 3 is 2.47 bits per heavy atom. The van der Waals surface area contributed by atoms with Crippen LogP contribution in [0.5, 0.6) is 0 Å². The second kappa shape index (κ2) is 6.34. The maximum atomic E-state index is 13.4. The molecule has 2 aromatic rings. The summed E-state index contributed by atoms with van der Waals surface area (Å²) in [5, 5.41) is 3.33. The maximum absolute atomic E-state index is 13.4. The van der Waals surface area contributed by atoms with Crippen molar-refractivity contribution in [3.05, 3.63) is 70.5 Å². The molecule has 19 heavy (non-hydrogen) atoms. The Hall–Kier alpha value is -1.87. The van der Waals surface area contributed by atoms with Crippen LogP contribution in [0.2, 0.25) is 5.02 Å². The Bertz CT molecular complexity index is 569. The first-order chi connectivity index (χ1) is 9.16. The molecule has 4 heteroatoms. The van der Waals surface area contributed by atoms with E-state index in [2.05, 4.69) is 5.32 Å². The number of carbonyl (C=O) groups is 1. The zero-order valence-electron chi connectivity index (χ0n) is 10.2. The Morgan fingerprint density at radius 1 is 1.11 bits per heavy atom. The number of hydrogen-bond donors (Lipinski definition) is 1. The van der Waals surface area contributed by atoms with Crippen LogP contribution in [0.15, 0.2) is 48.5 Å². The standard InChI is InChI=1S/C15H13ClFNO/c16-13-7-5-12(6-8-13)15(19)18-10-9-11-3-1-2-4-14(11)17/h1-8H,9-10H2,(H,18,19). The molecule has 0 aliphatic heterocycles. The van der Waals surface area contributed by atoms with E-state index in [1.54, 1.807) is 42.5 Å². The van der Waals surface area contributed by atoms with Crippen LogP contribution in [0.1, 0.15) is 15.9 Å². The van der Waals surface area contributed by atoms with E-state index in [0.717, 1.165) is 0 Å². The van der Waals surface area contributed by atoms with Gasteiger partial charge < -0.3 is 5.32 Å². The number of rotatable bonds is 4. The van der Waals surface area contributed by atoms with E-state index >= 15 is 0 Å². The summed E-state index contributed by atoms with van der Waals surface area (Å²) in [5.74, 6) is -0.434. The summed E-state index contributed by atoms with van der Waals surface area (Å²) in [6.45, 7) is 0.391. The molecular weight excluding hydrogens is 265 g/mol. The van der Waals surface area contributed by atoms with Crippen LogP contribution in [-0.4, -0.2) is 12.5 Å². The molecular formula is C15H13ClFNO. The van der Waals surface area contributed by atoms with E-state index in [-0.39, 0.29) is 11.7 Å². The van der Waals surface area contributed by atoms with Crippen LogP contribution in [0.25, 0.3) is 0 Å². The van der Waals surface area contributed by atoms with Gasteiger partial charge in [0.25, 0.3) is 5.91 Å². The minimum atomic E-state index is -0.247. The van der Waals surface area contributed by atoms with E-state index in [1.807, 2.05) is 0 Å². The predicted molar refractivity (Wildman–Crippen MR) is 73.9 cm³/mol. The molecule has 0 heterocycles. The SMILES string of the molecule is O=C(NCCc1ccccc1F)c1ccc(Cl)cc1. The minimum absolute atomic E-state index is 0.187. The third-order valence-electron chi connectivity index (χ3n) is 2.74. The molecule has 2 aromatic carbocycles. The Balaban J connectivity index is 1.88. The number of carbonyl (C=O) groups excluding carboxylic acids is 1. The van der Waals surface area contributed by atoms with Crippen molar-refractivity contribution in [2.45, 2.75) is 6.42 Å². The second-order valence-electron chi connectivity index (χ2n) is 4.10. The number of nitrogens with one attached hydrogen (secondary N) is 1.